The average molecular weight is 401 g/mol. The van der Waals surface area contributed by atoms with Gasteiger partial charge >= 0.3 is 0 Å². The Kier molecular flexibility index (Phi) is 4.98. The molecule has 0 fully saturated rings. The van der Waals surface area contributed by atoms with Gasteiger partial charge in [-0.2, -0.15) is 0 Å². The summed E-state index contributed by atoms with van der Waals surface area (Å²) in [5.41, 5.74) is 2.72. The monoisotopic (exact) mass is 401 g/mol. The number of aliphatic hydroxyl groups excluding tert-OH is 1. The van der Waals surface area contributed by atoms with E-state index in [-0.39, 0.29) is 4.90 Å². The summed E-state index contributed by atoms with van der Waals surface area (Å²) in [7, 11) is -3.80. The number of hydrogen-bond donors (Lipinski definition) is 1. The molecule has 1 heterocycles. The lowest BCUT2D eigenvalue weighted by Gasteiger charge is -2.07. The second-order valence-corrected chi connectivity index (χ2v) is 8.57. The smallest absolute Gasteiger partial charge is 0.268 e. The van der Waals surface area contributed by atoms with Crippen molar-refractivity contribution in [3.63, 3.8) is 0 Å². The Hall–Kier alpha value is -3.33. The second-order valence-electron chi connectivity index (χ2n) is 6.75. The van der Waals surface area contributed by atoms with Crippen LogP contribution >= 0.6 is 0 Å². The highest BCUT2D eigenvalue weighted by Gasteiger charge is 2.23. The van der Waals surface area contributed by atoms with Crippen molar-refractivity contribution in [2.24, 2.45) is 0 Å². The first-order valence-electron chi connectivity index (χ1n) is 9.14. The van der Waals surface area contributed by atoms with Crippen molar-refractivity contribution in [1.29, 1.82) is 0 Å². The first kappa shape index (κ1) is 19.0. The van der Waals surface area contributed by atoms with E-state index in [1.165, 1.54) is 10.2 Å². The van der Waals surface area contributed by atoms with Crippen LogP contribution < -0.4 is 0 Å². The van der Waals surface area contributed by atoms with Gasteiger partial charge in [0.05, 0.1) is 10.4 Å². The van der Waals surface area contributed by atoms with Gasteiger partial charge in [-0.1, -0.05) is 65.9 Å². The zero-order valence-electron chi connectivity index (χ0n) is 15.8. The predicted molar refractivity (Wildman–Crippen MR) is 114 cm³/mol. The van der Waals surface area contributed by atoms with E-state index >= 15 is 0 Å². The Labute approximate surface area is 170 Å². The number of fused-ring (bicyclic) bond motifs is 1. The van der Waals surface area contributed by atoms with E-state index in [9.17, 15) is 13.5 Å². The highest BCUT2D eigenvalue weighted by Crippen LogP contribution is 2.29. The summed E-state index contributed by atoms with van der Waals surface area (Å²) < 4.78 is 27.7. The summed E-state index contributed by atoms with van der Waals surface area (Å²) in [6.07, 6.45) is 0.346. The molecule has 0 saturated carbocycles. The third-order valence-electron chi connectivity index (χ3n) is 4.71. The van der Waals surface area contributed by atoms with Gasteiger partial charge in [-0.25, -0.2) is 12.4 Å². The van der Waals surface area contributed by atoms with E-state index in [1.807, 2.05) is 43.3 Å². The summed E-state index contributed by atoms with van der Waals surface area (Å²) in [6.45, 7) is 1.90. The molecule has 4 nitrogen and oxygen atoms in total. The number of hydrogen-bond acceptors (Lipinski definition) is 3. The Bertz CT molecular complexity index is 1330. The van der Waals surface area contributed by atoms with Crippen molar-refractivity contribution in [3.8, 4) is 11.8 Å². The number of aromatic nitrogens is 1. The van der Waals surface area contributed by atoms with Crippen LogP contribution in [0.15, 0.2) is 90.0 Å². The maximum Gasteiger partial charge on any atom is 0.268 e. The van der Waals surface area contributed by atoms with Crippen LogP contribution in [0.3, 0.4) is 0 Å². The molecule has 0 bridgehead atoms. The molecule has 1 unspecified atom stereocenters. The molecule has 0 saturated heterocycles. The van der Waals surface area contributed by atoms with Gasteiger partial charge in [0, 0.05) is 22.7 Å². The Morgan fingerprint density at radius 2 is 1.55 bits per heavy atom. The van der Waals surface area contributed by atoms with Crippen LogP contribution in [0, 0.1) is 18.8 Å². The fourth-order valence-electron chi connectivity index (χ4n) is 3.17. The Morgan fingerprint density at radius 3 is 2.28 bits per heavy atom. The highest BCUT2D eigenvalue weighted by atomic mass is 32.2. The third kappa shape index (κ3) is 3.68. The summed E-state index contributed by atoms with van der Waals surface area (Å²) >= 11 is 0. The predicted octanol–water partition coefficient (Wildman–Crippen LogP) is 4.27. The molecule has 3 aromatic carbocycles. The molecule has 29 heavy (non-hydrogen) atoms. The summed E-state index contributed by atoms with van der Waals surface area (Å²) in [5, 5.41) is 11.3. The molecule has 5 heteroatoms. The minimum Gasteiger partial charge on any atom is -0.376 e. The lowest BCUT2D eigenvalue weighted by atomic mass is 10.1. The van der Waals surface area contributed by atoms with Crippen molar-refractivity contribution in [1.82, 2.24) is 3.97 Å². The number of para-hydroxylation sites is 1. The van der Waals surface area contributed by atoms with Gasteiger partial charge in [0.15, 0.2) is 0 Å². The Morgan fingerprint density at radius 1 is 0.897 bits per heavy atom. The standard InChI is InChI=1S/C24H19NO3S/c1-18-11-14-20(15-12-18)29(27,28)25-17-22(21-9-5-6-10-23(21)25)24(26)16-13-19-7-3-2-4-8-19/h2-12,14-15,17,24,26H,1H3. The van der Waals surface area contributed by atoms with Gasteiger partial charge in [-0.3, -0.25) is 0 Å². The van der Waals surface area contributed by atoms with Gasteiger partial charge in [-0.15, -0.1) is 0 Å². The highest BCUT2D eigenvalue weighted by molar-refractivity contribution is 7.90. The van der Waals surface area contributed by atoms with Crippen molar-refractivity contribution in [2.75, 3.05) is 0 Å². The lowest BCUT2D eigenvalue weighted by Crippen LogP contribution is -2.11. The quantitative estimate of drug-likeness (QED) is 0.522. The van der Waals surface area contributed by atoms with E-state index < -0.39 is 16.1 Å². The number of aryl methyl sites for hydroxylation is 1. The number of rotatable bonds is 3. The normalized spacial score (nSPS) is 12.3. The van der Waals surface area contributed by atoms with Gasteiger partial charge in [0.2, 0.25) is 0 Å². The van der Waals surface area contributed by atoms with Crippen LogP contribution in [0.2, 0.25) is 0 Å². The maximum atomic E-state index is 13.2. The molecule has 4 aromatic rings. The van der Waals surface area contributed by atoms with Gasteiger partial charge in [-0.05, 0) is 37.3 Å². The molecular weight excluding hydrogens is 382 g/mol. The van der Waals surface area contributed by atoms with E-state index in [1.54, 1.807) is 42.5 Å². The molecule has 0 radical (unpaired) electrons. The molecule has 1 atom stereocenters. The van der Waals surface area contributed by atoms with Crippen LogP contribution in [-0.4, -0.2) is 17.5 Å². The first-order chi connectivity index (χ1) is 14.0. The zero-order valence-corrected chi connectivity index (χ0v) is 16.6. The summed E-state index contributed by atoms with van der Waals surface area (Å²) in [6, 6.07) is 23.1. The van der Waals surface area contributed by atoms with Crippen LogP contribution in [-0.2, 0) is 10.0 Å². The van der Waals surface area contributed by atoms with Crippen molar-refractivity contribution in [2.45, 2.75) is 17.9 Å². The minimum atomic E-state index is -3.80. The molecule has 0 aliphatic heterocycles. The molecule has 0 spiro atoms. The van der Waals surface area contributed by atoms with E-state index in [0.717, 1.165) is 11.1 Å². The minimum absolute atomic E-state index is 0.195. The molecule has 144 valence electrons. The molecule has 1 N–H and O–H groups in total. The lowest BCUT2D eigenvalue weighted by molar-refractivity contribution is 0.240. The Balaban J connectivity index is 1.82. The van der Waals surface area contributed by atoms with E-state index in [0.29, 0.717) is 16.5 Å². The molecule has 0 amide bonds. The third-order valence-corrected chi connectivity index (χ3v) is 6.40. The molecule has 4 rings (SSSR count). The fourth-order valence-corrected chi connectivity index (χ4v) is 4.54. The van der Waals surface area contributed by atoms with E-state index in [2.05, 4.69) is 11.8 Å². The largest absolute Gasteiger partial charge is 0.376 e. The van der Waals surface area contributed by atoms with Crippen molar-refractivity contribution < 1.29 is 13.5 Å². The summed E-state index contributed by atoms with van der Waals surface area (Å²) in [4.78, 5) is 0.195. The molecule has 0 aliphatic carbocycles. The van der Waals surface area contributed by atoms with Crippen LogP contribution in [0.4, 0.5) is 0 Å². The number of nitrogens with zero attached hydrogens (tertiary/aromatic N) is 1. The van der Waals surface area contributed by atoms with Gasteiger partial charge in [0.25, 0.3) is 10.0 Å². The van der Waals surface area contributed by atoms with Crippen molar-refractivity contribution >= 4 is 20.9 Å². The van der Waals surface area contributed by atoms with Gasteiger partial charge < -0.3 is 5.11 Å². The van der Waals surface area contributed by atoms with Crippen LogP contribution in [0.25, 0.3) is 10.9 Å². The molecule has 0 aliphatic rings. The summed E-state index contributed by atoms with van der Waals surface area (Å²) in [5.74, 6) is 5.75. The molecular formula is C24H19NO3S. The average Bonchev–Trinajstić information content (AvgIpc) is 3.14. The first-order valence-corrected chi connectivity index (χ1v) is 10.6. The SMILES string of the molecule is Cc1ccc(S(=O)(=O)n2cc(C(O)C#Cc3ccccc3)c3ccccc32)cc1. The second kappa shape index (κ2) is 7.59. The van der Waals surface area contributed by atoms with Crippen LogP contribution in [0.5, 0.6) is 0 Å². The topological polar surface area (TPSA) is 59.3 Å². The van der Waals surface area contributed by atoms with Crippen LogP contribution in [0.1, 0.15) is 22.8 Å². The molecule has 1 aromatic heterocycles. The number of benzene rings is 3. The van der Waals surface area contributed by atoms with Crippen molar-refractivity contribution in [3.05, 3.63) is 102 Å². The fraction of sp³-hybridized carbons (Fsp3) is 0.0833. The number of aliphatic hydroxyl groups is 1. The maximum absolute atomic E-state index is 13.2. The zero-order chi connectivity index (χ0) is 20.4. The van der Waals surface area contributed by atoms with Gasteiger partial charge in [0.1, 0.15) is 6.10 Å². The van der Waals surface area contributed by atoms with E-state index in [4.69, 9.17) is 0 Å².